The van der Waals surface area contributed by atoms with Crippen LogP contribution in [0.15, 0.2) is 30.3 Å². The van der Waals surface area contributed by atoms with Gasteiger partial charge in [0.25, 0.3) is 0 Å². The number of hydrogen-bond acceptors (Lipinski definition) is 3. The molecule has 2 atom stereocenters. The third-order valence-corrected chi connectivity index (χ3v) is 3.28. The Morgan fingerprint density at radius 3 is 2.78 bits per heavy atom. The first-order valence-corrected chi connectivity index (χ1v) is 6.60. The molecule has 1 fully saturated rings. The van der Waals surface area contributed by atoms with Crippen molar-refractivity contribution in [3.8, 4) is 0 Å². The predicted molar refractivity (Wildman–Crippen MR) is 72.3 cm³/mol. The van der Waals surface area contributed by atoms with Crippen molar-refractivity contribution >= 4 is 5.91 Å². The molecule has 0 spiro atoms. The molecule has 1 aromatic carbocycles. The van der Waals surface area contributed by atoms with Crippen molar-refractivity contribution in [3.63, 3.8) is 0 Å². The second kappa shape index (κ2) is 6.52. The van der Waals surface area contributed by atoms with Crippen LogP contribution in [0.5, 0.6) is 0 Å². The first kappa shape index (κ1) is 13.1. The molecule has 18 heavy (non-hydrogen) atoms. The van der Waals surface area contributed by atoms with Crippen molar-refractivity contribution < 1.29 is 4.79 Å². The van der Waals surface area contributed by atoms with Crippen molar-refractivity contribution in [2.24, 2.45) is 0 Å². The van der Waals surface area contributed by atoms with Crippen LogP contribution < -0.4 is 16.0 Å². The number of amides is 1. The Labute approximate surface area is 108 Å². The SMILES string of the molecule is CCC(NC(=O)C1CNCCN1)c1ccccc1. The second-order valence-electron chi connectivity index (χ2n) is 4.59. The van der Waals surface area contributed by atoms with Gasteiger partial charge in [-0.15, -0.1) is 0 Å². The standard InChI is InChI=1S/C14H21N3O/c1-2-12(11-6-4-3-5-7-11)17-14(18)13-10-15-8-9-16-13/h3-7,12-13,15-16H,2,8-10H2,1H3,(H,17,18). The van der Waals surface area contributed by atoms with Crippen LogP contribution in [0.2, 0.25) is 0 Å². The fourth-order valence-electron chi connectivity index (χ4n) is 2.22. The monoisotopic (exact) mass is 247 g/mol. The molecule has 0 radical (unpaired) electrons. The quantitative estimate of drug-likeness (QED) is 0.738. The Hall–Kier alpha value is -1.39. The lowest BCUT2D eigenvalue weighted by Crippen LogP contribution is -2.56. The number of rotatable bonds is 4. The Balaban J connectivity index is 1.95. The van der Waals surface area contributed by atoms with Gasteiger partial charge in [-0.2, -0.15) is 0 Å². The molecule has 0 bridgehead atoms. The van der Waals surface area contributed by atoms with Gasteiger partial charge in [0.15, 0.2) is 0 Å². The molecule has 98 valence electrons. The molecule has 3 N–H and O–H groups in total. The van der Waals surface area contributed by atoms with E-state index in [4.69, 9.17) is 0 Å². The van der Waals surface area contributed by atoms with Gasteiger partial charge in [-0.25, -0.2) is 0 Å². The molecule has 1 saturated heterocycles. The lowest BCUT2D eigenvalue weighted by Gasteiger charge is -2.26. The Morgan fingerprint density at radius 1 is 1.39 bits per heavy atom. The van der Waals surface area contributed by atoms with Crippen molar-refractivity contribution in [3.05, 3.63) is 35.9 Å². The van der Waals surface area contributed by atoms with E-state index in [0.29, 0.717) is 6.54 Å². The van der Waals surface area contributed by atoms with Gasteiger partial charge in [-0.05, 0) is 12.0 Å². The zero-order chi connectivity index (χ0) is 12.8. The van der Waals surface area contributed by atoms with Crippen LogP contribution in [0.25, 0.3) is 0 Å². The molecular formula is C14H21N3O. The molecule has 1 heterocycles. The van der Waals surface area contributed by atoms with E-state index in [2.05, 4.69) is 35.0 Å². The molecule has 1 aromatic rings. The predicted octanol–water partition coefficient (Wildman–Crippen LogP) is 0.815. The third kappa shape index (κ3) is 3.31. The Morgan fingerprint density at radius 2 is 2.17 bits per heavy atom. The summed E-state index contributed by atoms with van der Waals surface area (Å²) in [5.41, 5.74) is 1.16. The van der Waals surface area contributed by atoms with E-state index in [1.807, 2.05) is 18.2 Å². The zero-order valence-electron chi connectivity index (χ0n) is 10.8. The van der Waals surface area contributed by atoms with Crippen molar-refractivity contribution in [2.45, 2.75) is 25.4 Å². The Kier molecular flexibility index (Phi) is 4.73. The molecule has 0 aromatic heterocycles. The number of benzene rings is 1. The molecule has 1 aliphatic heterocycles. The maximum Gasteiger partial charge on any atom is 0.238 e. The molecule has 1 aliphatic rings. The fraction of sp³-hybridized carbons (Fsp3) is 0.500. The second-order valence-corrected chi connectivity index (χ2v) is 4.59. The van der Waals surface area contributed by atoms with E-state index in [1.165, 1.54) is 0 Å². The van der Waals surface area contributed by atoms with Gasteiger partial charge < -0.3 is 16.0 Å². The average molecular weight is 247 g/mol. The molecule has 4 nitrogen and oxygen atoms in total. The van der Waals surface area contributed by atoms with Gasteiger partial charge in [0.2, 0.25) is 5.91 Å². The maximum atomic E-state index is 12.1. The van der Waals surface area contributed by atoms with Gasteiger partial charge in [0.1, 0.15) is 0 Å². The normalized spacial score (nSPS) is 21.3. The lowest BCUT2D eigenvalue weighted by atomic mass is 10.0. The minimum atomic E-state index is -0.114. The van der Waals surface area contributed by atoms with Crippen molar-refractivity contribution in [2.75, 3.05) is 19.6 Å². The van der Waals surface area contributed by atoms with Crippen LogP contribution in [-0.4, -0.2) is 31.6 Å². The van der Waals surface area contributed by atoms with Crippen LogP contribution in [0, 0.1) is 0 Å². The topological polar surface area (TPSA) is 53.2 Å². The number of piperazine rings is 1. The van der Waals surface area contributed by atoms with Gasteiger partial charge >= 0.3 is 0 Å². The summed E-state index contributed by atoms with van der Waals surface area (Å²) in [5, 5.41) is 9.56. The molecule has 0 saturated carbocycles. The van der Waals surface area contributed by atoms with Gasteiger partial charge in [0, 0.05) is 19.6 Å². The summed E-state index contributed by atoms with van der Waals surface area (Å²) >= 11 is 0. The highest BCUT2D eigenvalue weighted by atomic mass is 16.2. The van der Waals surface area contributed by atoms with E-state index in [1.54, 1.807) is 0 Å². The molecule has 1 amide bonds. The van der Waals surface area contributed by atoms with Crippen LogP contribution >= 0.6 is 0 Å². The summed E-state index contributed by atoms with van der Waals surface area (Å²) in [4.78, 5) is 12.1. The van der Waals surface area contributed by atoms with Crippen LogP contribution in [0.1, 0.15) is 24.9 Å². The van der Waals surface area contributed by atoms with Gasteiger partial charge in [-0.1, -0.05) is 37.3 Å². The fourth-order valence-corrected chi connectivity index (χ4v) is 2.22. The molecule has 2 unspecified atom stereocenters. The van der Waals surface area contributed by atoms with E-state index in [-0.39, 0.29) is 18.0 Å². The third-order valence-electron chi connectivity index (χ3n) is 3.28. The van der Waals surface area contributed by atoms with Gasteiger partial charge in [-0.3, -0.25) is 4.79 Å². The summed E-state index contributed by atoms with van der Waals surface area (Å²) < 4.78 is 0. The summed E-state index contributed by atoms with van der Waals surface area (Å²) in [5.74, 6) is 0.0814. The summed E-state index contributed by atoms with van der Waals surface area (Å²) in [6.07, 6.45) is 0.899. The summed E-state index contributed by atoms with van der Waals surface area (Å²) in [6.45, 7) is 4.57. The molecule has 0 aliphatic carbocycles. The smallest absolute Gasteiger partial charge is 0.238 e. The lowest BCUT2D eigenvalue weighted by molar-refractivity contribution is -0.124. The van der Waals surface area contributed by atoms with E-state index < -0.39 is 0 Å². The van der Waals surface area contributed by atoms with E-state index >= 15 is 0 Å². The average Bonchev–Trinajstić information content (AvgIpc) is 2.46. The zero-order valence-corrected chi connectivity index (χ0v) is 10.8. The number of carbonyl (C=O) groups is 1. The maximum absolute atomic E-state index is 12.1. The highest BCUT2D eigenvalue weighted by molar-refractivity contribution is 5.82. The summed E-state index contributed by atoms with van der Waals surface area (Å²) in [6, 6.07) is 10.1. The number of nitrogens with one attached hydrogen (secondary N) is 3. The van der Waals surface area contributed by atoms with Crippen LogP contribution in [0.4, 0.5) is 0 Å². The van der Waals surface area contributed by atoms with Crippen LogP contribution in [-0.2, 0) is 4.79 Å². The highest BCUT2D eigenvalue weighted by Crippen LogP contribution is 2.15. The largest absolute Gasteiger partial charge is 0.348 e. The summed E-state index contributed by atoms with van der Waals surface area (Å²) in [7, 11) is 0. The highest BCUT2D eigenvalue weighted by Gasteiger charge is 2.22. The van der Waals surface area contributed by atoms with Crippen molar-refractivity contribution in [1.29, 1.82) is 0 Å². The number of carbonyl (C=O) groups excluding carboxylic acids is 1. The first-order chi connectivity index (χ1) is 8.81. The van der Waals surface area contributed by atoms with E-state index in [9.17, 15) is 4.79 Å². The van der Waals surface area contributed by atoms with Gasteiger partial charge in [0.05, 0.1) is 12.1 Å². The molecule has 2 rings (SSSR count). The first-order valence-electron chi connectivity index (χ1n) is 6.60. The molecule has 4 heteroatoms. The molecular weight excluding hydrogens is 226 g/mol. The van der Waals surface area contributed by atoms with Crippen LogP contribution in [0.3, 0.4) is 0 Å². The van der Waals surface area contributed by atoms with E-state index in [0.717, 1.165) is 25.1 Å². The minimum Gasteiger partial charge on any atom is -0.348 e. The number of hydrogen-bond donors (Lipinski definition) is 3. The van der Waals surface area contributed by atoms with Crippen molar-refractivity contribution in [1.82, 2.24) is 16.0 Å². The Bertz CT molecular complexity index is 374. The minimum absolute atomic E-state index is 0.0814.